The predicted octanol–water partition coefficient (Wildman–Crippen LogP) is 4.28. The smallest absolute Gasteiger partial charge is 0.122 e. The maximum Gasteiger partial charge on any atom is 0.122 e. The van der Waals surface area contributed by atoms with E-state index in [0.717, 1.165) is 56.2 Å². The van der Waals surface area contributed by atoms with E-state index in [1.54, 1.807) is 5.56 Å². The number of rotatable bonds is 5. The molecule has 7 atom stereocenters. The van der Waals surface area contributed by atoms with Gasteiger partial charge in [-0.05, 0) is 80.5 Å². The molecule has 0 radical (unpaired) electrons. The molecule has 30 heavy (non-hydrogen) atoms. The van der Waals surface area contributed by atoms with Gasteiger partial charge in [-0.15, -0.1) is 0 Å². The highest BCUT2D eigenvalue weighted by molar-refractivity contribution is 5.44. The van der Waals surface area contributed by atoms with Gasteiger partial charge < -0.3 is 20.1 Å². The first-order chi connectivity index (χ1) is 14.8. The Hall–Kier alpha value is -1.10. The summed E-state index contributed by atoms with van der Waals surface area (Å²) < 4.78 is 12.1. The fourth-order valence-electron chi connectivity index (χ4n) is 7.08. The zero-order valence-electron chi connectivity index (χ0n) is 18.9. The first-order valence-corrected chi connectivity index (χ1v) is 12.6. The zero-order valence-corrected chi connectivity index (χ0v) is 18.9. The molecule has 4 heterocycles. The van der Waals surface area contributed by atoms with Crippen molar-refractivity contribution >= 4 is 0 Å². The van der Waals surface area contributed by atoms with Gasteiger partial charge in [0.05, 0.1) is 19.3 Å². The second-order valence-corrected chi connectivity index (χ2v) is 10.1. The minimum atomic E-state index is 0.493. The minimum absolute atomic E-state index is 0.493. The maximum atomic E-state index is 6.22. The molecule has 1 aromatic carbocycles. The van der Waals surface area contributed by atoms with Crippen LogP contribution in [0, 0.1) is 17.8 Å². The monoisotopic (exact) mass is 412 g/mol. The summed E-state index contributed by atoms with van der Waals surface area (Å²) in [5, 5.41) is 7.78. The number of hydrogen-bond acceptors (Lipinski definition) is 4. The summed E-state index contributed by atoms with van der Waals surface area (Å²) in [6, 6.07) is 7.88. The third-order valence-corrected chi connectivity index (χ3v) is 8.63. The first kappa shape index (κ1) is 20.8. The van der Waals surface area contributed by atoms with E-state index in [1.165, 1.54) is 44.1 Å². The van der Waals surface area contributed by atoms with Crippen LogP contribution in [0.25, 0.3) is 0 Å². The van der Waals surface area contributed by atoms with Gasteiger partial charge in [0.25, 0.3) is 0 Å². The fourth-order valence-corrected chi connectivity index (χ4v) is 7.08. The van der Waals surface area contributed by atoms with Crippen LogP contribution in [0.15, 0.2) is 18.2 Å². The Balaban J connectivity index is 1.26. The quantitative estimate of drug-likeness (QED) is 0.758. The van der Waals surface area contributed by atoms with Gasteiger partial charge in [0.1, 0.15) is 5.75 Å². The molecular weight excluding hydrogens is 372 g/mol. The molecule has 0 amide bonds. The van der Waals surface area contributed by atoms with Crippen LogP contribution in [0.4, 0.5) is 0 Å². The molecule has 0 bridgehead atoms. The summed E-state index contributed by atoms with van der Waals surface area (Å²) in [6.07, 6.45) is 9.13. The van der Waals surface area contributed by atoms with Crippen molar-refractivity contribution in [1.29, 1.82) is 0 Å². The lowest BCUT2D eigenvalue weighted by molar-refractivity contribution is 0.0850. The van der Waals surface area contributed by atoms with E-state index in [0.29, 0.717) is 24.1 Å². The Bertz CT molecular complexity index is 723. The van der Waals surface area contributed by atoms with Gasteiger partial charge >= 0.3 is 0 Å². The lowest BCUT2D eigenvalue weighted by Crippen LogP contribution is -2.55. The first-order valence-electron chi connectivity index (χ1n) is 12.6. The molecule has 0 spiro atoms. The van der Waals surface area contributed by atoms with Crippen molar-refractivity contribution in [3.8, 4) is 5.75 Å². The molecule has 1 aromatic rings. The number of benzene rings is 1. The van der Waals surface area contributed by atoms with E-state index in [-0.39, 0.29) is 0 Å². The third-order valence-electron chi connectivity index (χ3n) is 8.63. The van der Waals surface area contributed by atoms with Crippen LogP contribution < -0.4 is 15.4 Å². The number of piperidine rings is 2. The Kier molecular flexibility index (Phi) is 6.36. The fraction of sp³-hybridized carbons (Fsp3) is 0.769. The van der Waals surface area contributed by atoms with Crippen LogP contribution >= 0.6 is 0 Å². The molecular formula is C26H40N2O2. The van der Waals surface area contributed by atoms with Gasteiger partial charge in [-0.2, -0.15) is 0 Å². The SMILES string of the molecule is CCC1OCC(C2CCNC(C3CC(c4cccc5c4CCO5)CCN3)C2)C1CC. The molecule has 7 unspecified atom stereocenters. The van der Waals surface area contributed by atoms with E-state index in [1.807, 2.05) is 0 Å². The summed E-state index contributed by atoms with van der Waals surface area (Å²) in [4.78, 5) is 0. The highest BCUT2D eigenvalue weighted by Crippen LogP contribution is 2.42. The summed E-state index contributed by atoms with van der Waals surface area (Å²) in [5.41, 5.74) is 3.04. The van der Waals surface area contributed by atoms with Crippen LogP contribution in [-0.2, 0) is 11.2 Å². The second-order valence-electron chi connectivity index (χ2n) is 10.1. The van der Waals surface area contributed by atoms with Gasteiger partial charge in [0, 0.05) is 24.1 Å². The van der Waals surface area contributed by atoms with Crippen molar-refractivity contribution in [2.75, 3.05) is 26.3 Å². The third kappa shape index (κ3) is 3.91. The van der Waals surface area contributed by atoms with E-state index in [2.05, 4.69) is 42.7 Å². The zero-order chi connectivity index (χ0) is 20.5. The lowest BCUT2D eigenvalue weighted by atomic mass is 9.72. The summed E-state index contributed by atoms with van der Waals surface area (Å²) in [7, 11) is 0. The summed E-state index contributed by atoms with van der Waals surface area (Å²) >= 11 is 0. The van der Waals surface area contributed by atoms with Crippen molar-refractivity contribution in [1.82, 2.24) is 10.6 Å². The molecule has 2 N–H and O–H groups in total. The van der Waals surface area contributed by atoms with Crippen molar-refractivity contribution in [3.63, 3.8) is 0 Å². The summed E-state index contributed by atoms with van der Waals surface area (Å²) in [6.45, 7) is 8.79. The van der Waals surface area contributed by atoms with Gasteiger partial charge in [-0.25, -0.2) is 0 Å². The maximum absolute atomic E-state index is 6.22. The Morgan fingerprint density at radius 3 is 2.67 bits per heavy atom. The van der Waals surface area contributed by atoms with Crippen molar-refractivity contribution < 1.29 is 9.47 Å². The molecule has 4 nitrogen and oxygen atoms in total. The molecule has 0 aliphatic carbocycles. The highest BCUT2D eigenvalue weighted by Gasteiger charge is 2.42. The Morgan fingerprint density at radius 2 is 1.83 bits per heavy atom. The van der Waals surface area contributed by atoms with Crippen molar-refractivity contribution in [2.24, 2.45) is 17.8 Å². The second kappa shape index (κ2) is 9.18. The molecule has 166 valence electrons. The van der Waals surface area contributed by atoms with Gasteiger partial charge in [0.15, 0.2) is 0 Å². The average molecular weight is 413 g/mol. The standard InChI is InChI=1S/C26H40N2O2/c1-3-19-22(16-30-25(19)4-2)18-9-12-28-24(15-18)23-14-17(8-11-27-23)20-6-5-7-26-21(20)10-13-29-26/h5-7,17-19,22-25,27-28H,3-4,8-16H2,1-2H3. The largest absolute Gasteiger partial charge is 0.493 e. The van der Waals surface area contributed by atoms with E-state index in [4.69, 9.17) is 9.47 Å². The lowest BCUT2D eigenvalue weighted by Gasteiger charge is -2.42. The molecule has 4 aliphatic rings. The molecule has 5 rings (SSSR count). The minimum Gasteiger partial charge on any atom is -0.493 e. The van der Waals surface area contributed by atoms with Gasteiger partial charge in [0.2, 0.25) is 0 Å². The van der Waals surface area contributed by atoms with Crippen LogP contribution in [0.1, 0.15) is 69.4 Å². The normalized spacial score (nSPS) is 38.9. The Labute approximate surface area is 182 Å². The van der Waals surface area contributed by atoms with Crippen molar-refractivity contribution in [2.45, 2.75) is 82.9 Å². The molecule has 4 heteroatoms. The number of hydrogen-bond donors (Lipinski definition) is 2. The van der Waals surface area contributed by atoms with Crippen LogP contribution in [0.2, 0.25) is 0 Å². The number of ether oxygens (including phenoxy) is 2. The van der Waals surface area contributed by atoms with Crippen molar-refractivity contribution in [3.05, 3.63) is 29.3 Å². The average Bonchev–Trinajstić information content (AvgIpc) is 3.45. The summed E-state index contributed by atoms with van der Waals surface area (Å²) in [5.74, 6) is 4.14. The van der Waals surface area contributed by atoms with E-state index >= 15 is 0 Å². The van der Waals surface area contributed by atoms with Gasteiger partial charge in [-0.3, -0.25) is 0 Å². The van der Waals surface area contributed by atoms with E-state index in [9.17, 15) is 0 Å². The predicted molar refractivity (Wildman–Crippen MR) is 121 cm³/mol. The molecule has 0 saturated carbocycles. The topological polar surface area (TPSA) is 42.5 Å². The van der Waals surface area contributed by atoms with Crippen LogP contribution in [0.5, 0.6) is 5.75 Å². The highest BCUT2D eigenvalue weighted by atomic mass is 16.5. The molecule has 3 fully saturated rings. The molecule has 4 aliphatic heterocycles. The Morgan fingerprint density at radius 1 is 1.00 bits per heavy atom. The van der Waals surface area contributed by atoms with Crippen LogP contribution in [0.3, 0.4) is 0 Å². The number of fused-ring (bicyclic) bond motifs is 1. The molecule has 0 aromatic heterocycles. The number of nitrogens with one attached hydrogen (secondary N) is 2. The molecule has 3 saturated heterocycles. The van der Waals surface area contributed by atoms with E-state index < -0.39 is 0 Å². The van der Waals surface area contributed by atoms with Crippen LogP contribution in [-0.4, -0.2) is 44.5 Å². The van der Waals surface area contributed by atoms with Gasteiger partial charge in [-0.1, -0.05) is 32.4 Å².